The number of hydrogen-bond acceptors (Lipinski definition) is 5. The first kappa shape index (κ1) is 21.3. The molecule has 3 aromatic rings. The first-order chi connectivity index (χ1) is 14.2. The zero-order valence-electron chi connectivity index (χ0n) is 16.1. The van der Waals surface area contributed by atoms with Gasteiger partial charge in [0.1, 0.15) is 5.75 Å². The number of pyridine rings is 1. The van der Waals surface area contributed by atoms with Crippen LogP contribution in [-0.4, -0.2) is 38.4 Å². The number of aliphatic hydroxyl groups is 1. The Morgan fingerprint density at radius 3 is 2.53 bits per heavy atom. The molecule has 3 rings (SSSR count). The second kappa shape index (κ2) is 8.54. The van der Waals surface area contributed by atoms with Gasteiger partial charge in [0, 0.05) is 36.6 Å². The number of aromatic nitrogens is 3. The molecule has 158 valence electrons. The third-order valence-electron chi connectivity index (χ3n) is 4.18. The van der Waals surface area contributed by atoms with E-state index in [0.29, 0.717) is 11.1 Å². The molecule has 10 heteroatoms. The molecule has 0 aliphatic heterocycles. The van der Waals surface area contributed by atoms with Gasteiger partial charge in [0.15, 0.2) is 0 Å². The van der Waals surface area contributed by atoms with Crippen molar-refractivity contribution in [1.82, 2.24) is 20.1 Å². The van der Waals surface area contributed by atoms with E-state index in [-0.39, 0.29) is 23.8 Å². The van der Waals surface area contributed by atoms with Crippen LogP contribution in [0, 0.1) is 0 Å². The van der Waals surface area contributed by atoms with E-state index in [1.807, 2.05) is 0 Å². The van der Waals surface area contributed by atoms with E-state index >= 15 is 0 Å². The number of amides is 1. The number of halogens is 3. The second-order valence-electron chi connectivity index (χ2n) is 6.66. The summed E-state index contributed by atoms with van der Waals surface area (Å²) in [4.78, 5) is 16.6. The fourth-order valence-electron chi connectivity index (χ4n) is 2.60. The number of benzene rings is 1. The number of nitrogens with one attached hydrogen (secondary N) is 1. The maximum atomic E-state index is 12.8. The Morgan fingerprint density at radius 2 is 1.97 bits per heavy atom. The van der Waals surface area contributed by atoms with Crippen molar-refractivity contribution < 1.29 is 27.8 Å². The third-order valence-corrected chi connectivity index (χ3v) is 4.18. The van der Waals surface area contributed by atoms with Gasteiger partial charge in [0.25, 0.3) is 5.91 Å². The minimum absolute atomic E-state index is 0.106. The van der Waals surface area contributed by atoms with Crippen LogP contribution in [0.2, 0.25) is 0 Å². The molecule has 2 heterocycles. The molecule has 2 N–H and O–H groups in total. The lowest BCUT2D eigenvalue weighted by Gasteiger charge is -2.14. The minimum atomic E-state index is -4.45. The minimum Gasteiger partial charge on any atom is -0.438 e. The summed E-state index contributed by atoms with van der Waals surface area (Å²) in [6, 6.07) is 5.32. The Hall–Kier alpha value is -3.40. The summed E-state index contributed by atoms with van der Waals surface area (Å²) in [5.74, 6) is -0.170. The van der Waals surface area contributed by atoms with Crippen LogP contribution in [0.3, 0.4) is 0 Å². The summed E-state index contributed by atoms with van der Waals surface area (Å²) in [5.41, 5.74) is 0.485. The molecule has 7 nitrogen and oxygen atoms in total. The monoisotopic (exact) mass is 420 g/mol. The van der Waals surface area contributed by atoms with Crippen LogP contribution in [0.5, 0.6) is 11.6 Å². The normalized spacial score (nSPS) is 12.5. The zero-order chi connectivity index (χ0) is 21.9. The Kier molecular flexibility index (Phi) is 6.06. The standard InChI is InChI=1S/C20H19F3N4O3/c1-12(11-28)26-18(29)13-7-17(14-9-25-27(2)10-14)19(24-8-13)30-16-5-3-15(4-6-16)20(21,22)23/h3-10,12,28H,11H2,1-2H3,(H,26,29). The van der Waals surface area contributed by atoms with Crippen molar-refractivity contribution in [2.75, 3.05) is 6.61 Å². The Balaban J connectivity index is 1.94. The molecule has 0 bridgehead atoms. The molecule has 0 aliphatic rings. The predicted molar refractivity (Wildman–Crippen MR) is 102 cm³/mol. The van der Waals surface area contributed by atoms with Gasteiger partial charge in [0.05, 0.1) is 23.9 Å². The van der Waals surface area contributed by atoms with Gasteiger partial charge in [-0.15, -0.1) is 0 Å². The van der Waals surface area contributed by atoms with Gasteiger partial charge in [-0.3, -0.25) is 9.48 Å². The molecule has 1 atom stereocenters. The van der Waals surface area contributed by atoms with Crippen LogP contribution in [0.15, 0.2) is 48.9 Å². The van der Waals surface area contributed by atoms with Gasteiger partial charge >= 0.3 is 6.18 Å². The number of ether oxygens (including phenoxy) is 1. The first-order valence-corrected chi connectivity index (χ1v) is 8.93. The largest absolute Gasteiger partial charge is 0.438 e. The summed E-state index contributed by atoms with van der Waals surface area (Å²) >= 11 is 0. The van der Waals surface area contributed by atoms with Gasteiger partial charge in [-0.05, 0) is 37.3 Å². The van der Waals surface area contributed by atoms with Crippen molar-refractivity contribution in [3.63, 3.8) is 0 Å². The van der Waals surface area contributed by atoms with E-state index in [9.17, 15) is 18.0 Å². The number of rotatable bonds is 6. The lowest BCUT2D eigenvalue weighted by Crippen LogP contribution is -2.35. The number of nitrogens with zero attached hydrogens (tertiary/aromatic N) is 3. The van der Waals surface area contributed by atoms with Crippen LogP contribution in [0.25, 0.3) is 11.1 Å². The van der Waals surface area contributed by atoms with Crippen molar-refractivity contribution in [3.05, 3.63) is 60.0 Å². The SMILES string of the molecule is CC(CO)NC(=O)c1cnc(Oc2ccc(C(F)(F)F)cc2)c(-c2cnn(C)c2)c1. The number of aliphatic hydroxyl groups excluding tert-OH is 1. The highest BCUT2D eigenvalue weighted by Crippen LogP contribution is 2.34. The van der Waals surface area contributed by atoms with Crippen LogP contribution >= 0.6 is 0 Å². The van der Waals surface area contributed by atoms with Crippen LogP contribution in [0.4, 0.5) is 13.2 Å². The average molecular weight is 420 g/mol. The fraction of sp³-hybridized carbons (Fsp3) is 0.250. The van der Waals surface area contributed by atoms with E-state index in [1.165, 1.54) is 18.3 Å². The number of alkyl halides is 3. The molecular formula is C20H19F3N4O3. The average Bonchev–Trinajstić information content (AvgIpc) is 3.14. The smallest absolute Gasteiger partial charge is 0.416 e. The first-order valence-electron chi connectivity index (χ1n) is 8.93. The quantitative estimate of drug-likeness (QED) is 0.638. The van der Waals surface area contributed by atoms with Gasteiger partial charge in [-0.2, -0.15) is 18.3 Å². The molecule has 0 spiro atoms. The van der Waals surface area contributed by atoms with E-state index in [1.54, 1.807) is 37.1 Å². The maximum absolute atomic E-state index is 12.8. The number of hydrogen-bond donors (Lipinski definition) is 2. The van der Waals surface area contributed by atoms with Crippen molar-refractivity contribution >= 4 is 5.91 Å². The highest BCUT2D eigenvalue weighted by atomic mass is 19.4. The number of carbonyl (C=O) groups is 1. The molecule has 0 aliphatic carbocycles. The lowest BCUT2D eigenvalue weighted by molar-refractivity contribution is -0.137. The summed E-state index contributed by atoms with van der Waals surface area (Å²) in [5, 5.41) is 15.8. The fourth-order valence-corrected chi connectivity index (χ4v) is 2.60. The van der Waals surface area contributed by atoms with Crippen LogP contribution < -0.4 is 10.1 Å². The maximum Gasteiger partial charge on any atom is 0.416 e. The number of aryl methyl sites for hydroxylation is 1. The third kappa shape index (κ3) is 4.95. The highest BCUT2D eigenvalue weighted by Gasteiger charge is 2.30. The topological polar surface area (TPSA) is 89.3 Å². The zero-order valence-corrected chi connectivity index (χ0v) is 16.1. The molecule has 0 saturated heterocycles. The second-order valence-corrected chi connectivity index (χ2v) is 6.66. The van der Waals surface area contributed by atoms with Gasteiger partial charge in [-0.25, -0.2) is 4.98 Å². The van der Waals surface area contributed by atoms with Crippen molar-refractivity contribution in [2.45, 2.75) is 19.1 Å². The van der Waals surface area contributed by atoms with Crippen molar-refractivity contribution in [3.8, 4) is 22.8 Å². The Bertz CT molecular complexity index is 1030. The molecule has 0 fully saturated rings. The van der Waals surface area contributed by atoms with E-state index < -0.39 is 23.7 Å². The van der Waals surface area contributed by atoms with Gasteiger partial charge in [-0.1, -0.05) is 0 Å². The predicted octanol–water partition coefficient (Wildman–Crippen LogP) is 3.40. The van der Waals surface area contributed by atoms with Gasteiger partial charge < -0.3 is 15.2 Å². The summed E-state index contributed by atoms with van der Waals surface area (Å²) in [6.45, 7) is 1.43. The summed E-state index contributed by atoms with van der Waals surface area (Å²) in [6.07, 6.45) is 0.0837. The van der Waals surface area contributed by atoms with Crippen LogP contribution in [-0.2, 0) is 13.2 Å². The van der Waals surface area contributed by atoms with E-state index in [4.69, 9.17) is 9.84 Å². The van der Waals surface area contributed by atoms with Crippen molar-refractivity contribution in [2.24, 2.45) is 7.05 Å². The van der Waals surface area contributed by atoms with Crippen LogP contribution in [0.1, 0.15) is 22.8 Å². The summed E-state index contributed by atoms with van der Waals surface area (Å²) in [7, 11) is 1.72. The van der Waals surface area contributed by atoms with E-state index in [0.717, 1.165) is 12.1 Å². The molecule has 0 saturated carbocycles. The molecule has 1 aromatic carbocycles. The van der Waals surface area contributed by atoms with E-state index in [2.05, 4.69) is 15.4 Å². The Labute approximate surface area is 170 Å². The molecule has 1 amide bonds. The number of carbonyl (C=O) groups excluding carboxylic acids is 1. The molecule has 30 heavy (non-hydrogen) atoms. The summed E-state index contributed by atoms with van der Waals surface area (Å²) < 4.78 is 45.5. The lowest BCUT2D eigenvalue weighted by atomic mass is 10.1. The van der Waals surface area contributed by atoms with Crippen molar-refractivity contribution in [1.29, 1.82) is 0 Å². The molecule has 0 radical (unpaired) electrons. The molecule has 1 unspecified atom stereocenters. The van der Waals surface area contributed by atoms with Gasteiger partial charge in [0.2, 0.25) is 5.88 Å². The molecule has 2 aromatic heterocycles. The Morgan fingerprint density at radius 1 is 1.27 bits per heavy atom. The highest BCUT2D eigenvalue weighted by molar-refractivity contribution is 5.95. The molecular weight excluding hydrogens is 401 g/mol.